The Morgan fingerprint density at radius 2 is 1.97 bits per heavy atom. The smallest absolute Gasteiger partial charge is 0.320 e. The van der Waals surface area contributed by atoms with Gasteiger partial charge in [-0.15, -0.1) is 0 Å². The van der Waals surface area contributed by atoms with Crippen LogP contribution in [-0.4, -0.2) is 66.4 Å². The van der Waals surface area contributed by atoms with Crippen molar-refractivity contribution in [2.75, 3.05) is 18.9 Å². The van der Waals surface area contributed by atoms with E-state index >= 15 is 0 Å². The summed E-state index contributed by atoms with van der Waals surface area (Å²) < 4.78 is 12.8. The number of hydrogen-bond donors (Lipinski definition) is 4. The molecule has 1 saturated heterocycles. The van der Waals surface area contributed by atoms with Gasteiger partial charge < -0.3 is 30.5 Å². The zero-order chi connectivity index (χ0) is 20.5. The number of fused-ring (bicyclic) bond motifs is 1. The Morgan fingerprint density at radius 1 is 1.21 bits per heavy atom. The average Bonchev–Trinajstić information content (AvgIpc) is 3.25. The third-order valence-electron chi connectivity index (χ3n) is 6.11. The molecule has 0 bridgehead atoms. The fourth-order valence-corrected chi connectivity index (χ4v) is 4.21. The number of imidazole rings is 1. The zero-order valence-corrected chi connectivity index (χ0v) is 16.5. The highest BCUT2D eigenvalue weighted by molar-refractivity contribution is 5.82. The molecule has 1 saturated carbocycles. The summed E-state index contributed by atoms with van der Waals surface area (Å²) in [6.45, 7) is 2.40. The predicted molar refractivity (Wildman–Crippen MR) is 104 cm³/mol. The van der Waals surface area contributed by atoms with Crippen LogP contribution in [0.4, 0.5) is 5.82 Å². The molecule has 2 aromatic heterocycles. The first kappa shape index (κ1) is 20.3. The van der Waals surface area contributed by atoms with Crippen LogP contribution in [0.2, 0.25) is 0 Å². The van der Waals surface area contributed by atoms with Crippen LogP contribution >= 0.6 is 0 Å². The van der Waals surface area contributed by atoms with Gasteiger partial charge in [0.1, 0.15) is 18.3 Å². The number of hydrogen-bond acceptors (Lipinski definition) is 9. The lowest BCUT2D eigenvalue weighted by Gasteiger charge is -2.25. The molecule has 10 heteroatoms. The van der Waals surface area contributed by atoms with Gasteiger partial charge in [0.05, 0.1) is 19.5 Å². The highest BCUT2D eigenvalue weighted by Crippen LogP contribution is 2.33. The van der Waals surface area contributed by atoms with Crippen LogP contribution in [0, 0.1) is 11.8 Å². The lowest BCUT2D eigenvalue weighted by Crippen LogP contribution is -2.33. The summed E-state index contributed by atoms with van der Waals surface area (Å²) in [5.74, 6) is 1.65. The van der Waals surface area contributed by atoms with Gasteiger partial charge in [-0.05, 0) is 18.3 Å². The Hall–Kier alpha value is -2.01. The lowest BCUT2D eigenvalue weighted by atomic mass is 9.82. The second kappa shape index (κ2) is 8.39. The van der Waals surface area contributed by atoms with Gasteiger partial charge >= 0.3 is 6.01 Å². The molecule has 0 aromatic carbocycles. The quantitative estimate of drug-likeness (QED) is 0.540. The number of rotatable bonds is 6. The van der Waals surface area contributed by atoms with Crippen LogP contribution in [0.5, 0.6) is 6.01 Å². The van der Waals surface area contributed by atoms with Crippen molar-refractivity contribution in [3.8, 4) is 6.01 Å². The Balaban J connectivity index is 1.48. The van der Waals surface area contributed by atoms with Gasteiger partial charge in [-0.2, -0.15) is 9.97 Å². The molecule has 2 aliphatic rings. The van der Waals surface area contributed by atoms with Gasteiger partial charge in [-0.25, -0.2) is 4.98 Å². The van der Waals surface area contributed by atoms with Gasteiger partial charge in [-0.3, -0.25) is 4.57 Å². The van der Waals surface area contributed by atoms with E-state index < -0.39 is 31.1 Å². The van der Waals surface area contributed by atoms with Crippen LogP contribution in [-0.2, 0) is 4.74 Å². The molecule has 4 rings (SSSR count). The highest BCUT2D eigenvalue weighted by Gasteiger charge is 2.44. The Morgan fingerprint density at radius 3 is 2.66 bits per heavy atom. The summed E-state index contributed by atoms with van der Waals surface area (Å²) in [5, 5.41) is 29.6. The van der Waals surface area contributed by atoms with Crippen molar-refractivity contribution in [2.45, 2.75) is 63.6 Å². The molecule has 0 spiro atoms. The summed E-state index contributed by atoms with van der Waals surface area (Å²) in [4.78, 5) is 12.8. The second-order valence-corrected chi connectivity index (χ2v) is 8.21. The topological polar surface area (TPSA) is 149 Å². The standard InChI is InChI=1S/C19H29N5O5/c1-10-2-4-11(5-3-10)6-7-28-19-22-16(20)13-17(23-19)24(9-21-13)18-15(27)14(26)12(8-25)29-18/h9-12,14-15,18,25-27H,2-8H2,1H3,(H2,20,22,23)/t10?,11?,12?,14-,15-,18?/m1/s1. The van der Waals surface area contributed by atoms with Crippen LogP contribution in [0.1, 0.15) is 45.3 Å². The van der Waals surface area contributed by atoms with Gasteiger partial charge in [-0.1, -0.05) is 32.6 Å². The molecular weight excluding hydrogens is 378 g/mol. The molecule has 2 unspecified atom stereocenters. The maximum absolute atomic E-state index is 10.3. The number of ether oxygens (including phenoxy) is 2. The number of anilines is 1. The van der Waals surface area contributed by atoms with E-state index in [4.69, 9.17) is 15.2 Å². The zero-order valence-electron chi connectivity index (χ0n) is 16.5. The molecule has 0 amide bonds. The summed E-state index contributed by atoms with van der Waals surface area (Å²) in [7, 11) is 0. The number of nitrogen functional groups attached to an aromatic ring is 1. The Labute approximate surface area is 168 Å². The molecule has 4 atom stereocenters. The summed E-state index contributed by atoms with van der Waals surface area (Å²) in [5.41, 5.74) is 6.71. The van der Waals surface area contributed by atoms with E-state index in [0.29, 0.717) is 23.7 Å². The summed E-state index contributed by atoms with van der Waals surface area (Å²) in [6, 6.07) is 0.146. The van der Waals surface area contributed by atoms with Crippen LogP contribution in [0.15, 0.2) is 6.33 Å². The first-order valence-corrected chi connectivity index (χ1v) is 10.2. The van der Waals surface area contributed by atoms with Gasteiger partial charge in [0, 0.05) is 0 Å². The number of aromatic nitrogens is 4. The molecule has 0 radical (unpaired) electrons. The van der Waals surface area contributed by atoms with Gasteiger partial charge in [0.15, 0.2) is 23.2 Å². The van der Waals surface area contributed by atoms with E-state index in [1.807, 2.05) is 0 Å². The normalized spacial score (nSPS) is 32.7. The van der Waals surface area contributed by atoms with Crippen molar-refractivity contribution in [2.24, 2.45) is 11.8 Å². The third-order valence-corrected chi connectivity index (χ3v) is 6.11. The monoisotopic (exact) mass is 407 g/mol. The minimum atomic E-state index is -1.24. The maximum Gasteiger partial charge on any atom is 0.320 e. The van der Waals surface area contributed by atoms with Gasteiger partial charge in [0.2, 0.25) is 0 Å². The van der Waals surface area contributed by atoms with E-state index in [1.54, 1.807) is 0 Å². The van der Waals surface area contributed by atoms with Crippen LogP contribution in [0.3, 0.4) is 0 Å². The first-order chi connectivity index (χ1) is 14.0. The minimum Gasteiger partial charge on any atom is -0.463 e. The Bertz CT molecular complexity index is 838. The van der Waals surface area contributed by atoms with Crippen molar-refractivity contribution in [3.63, 3.8) is 0 Å². The minimum absolute atomic E-state index is 0.146. The van der Waals surface area contributed by atoms with Crippen molar-refractivity contribution < 1.29 is 24.8 Å². The lowest BCUT2D eigenvalue weighted by molar-refractivity contribution is -0.0511. The van der Waals surface area contributed by atoms with Crippen LogP contribution < -0.4 is 10.5 Å². The van der Waals surface area contributed by atoms with Gasteiger partial charge in [0.25, 0.3) is 0 Å². The number of aliphatic hydroxyl groups is 3. The summed E-state index contributed by atoms with van der Waals surface area (Å²) >= 11 is 0. The van der Waals surface area contributed by atoms with Crippen molar-refractivity contribution >= 4 is 17.0 Å². The molecular formula is C19H29N5O5. The molecule has 2 aromatic rings. The molecule has 1 aliphatic heterocycles. The number of aliphatic hydroxyl groups excluding tert-OH is 3. The molecule has 2 fully saturated rings. The largest absolute Gasteiger partial charge is 0.463 e. The maximum atomic E-state index is 10.3. The van der Waals surface area contributed by atoms with Crippen molar-refractivity contribution in [3.05, 3.63) is 6.33 Å². The first-order valence-electron chi connectivity index (χ1n) is 10.2. The molecule has 10 nitrogen and oxygen atoms in total. The fourth-order valence-electron chi connectivity index (χ4n) is 4.21. The molecule has 3 heterocycles. The van der Waals surface area contributed by atoms with E-state index in [0.717, 1.165) is 12.3 Å². The van der Waals surface area contributed by atoms with Crippen molar-refractivity contribution in [1.29, 1.82) is 0 Å². The van der Waals surface area contributed by atoms with E-state index in [-0.39, 0.29) is 11.8 Å². The second-order valence-electron chi connectivity index (χ2n) is 8.21. The predicted octanol–water partition coefficient (Wildman–Crippen LogP) is 0.615. The van der Waals surface area contributed by atoms with E-state index in [9.17, 15) is 15.3 Å². The Kier molecular flexibility index (Phi) is 5.86. The third kappa shape index (κ3) is 4.02. The molecule has 29 heavy (non-hydrogen) atoms. The van der Waals surface area contributed by atoms with Crippen LogP contribution in [0.25, 0.3) is 11.2 Å². The molecule has 1 aliphatic carbocycles. The van der Waals surface area contributed by atoms with E-state index in [2.05, 4.69) is 21.9 Å². The van der Waals surface area contributed by atoms with Crippen molar-refractivity contribution in [1.82, 2.24) is 19.5 Å². The molecule has 5 N–H and O–H groups in total. The van der Waals surface area contributed by atoms with E-state index in [1.165, 1.54) is 36.6 Å². The average molecular weight is 407 g/mol. The SMILES string of the molecule is CC1CCC(CCOc2nc(N)c3ncn(C4OC(CO)[C@@H](O)[C@H]4O)c3n2)CC1. The number of nitrogens with two attached hydrogens (primary N) is 1. The summed E-state index contributed by atoms with van der Waals surface area (Å²) in [6.07, 6.45) is 3.07. The highest BCUT2D eigenvalue weighted by atomic mass is 16.6. The molecule has 160 valence electrons. The fraction of sp³-hybridized carbons (Fsp3) is 0.737. The number of nitrogens with zero attached hydrogens (tertiary/aromatic N) is 4.